The Morgan fingerprint density at radius 2 is 1.89 bits per heavy atom. The number of likely N-dealkylation sites (tertiary alicyclic amines) is 1. The third-order valence-corrected chi connectivity index (χ3v) is 5.21. The molecule has 5 nitrogen and oxygen atoms in total. The van der Waals surface area contributed by atoms with E-state index in [1.54, 1.807) is 36.3 Å². The molecule has 0 spiro atoms. The van der Waals surface area contributed by atoms with E-state index in [-0.39, 0.29) is 11.8 Å². The molecule has 0 aliphatic carbocycles. The Labute approximate surface area is 173 Å². The van der Waals surface area contributed by atoms with E-state index in [1.807, 2.05) is 24.3 Å². The van der Waals surface area contributed by atoms with Crippen LogP contribution in [0.1, 0.15) is 17.5 Å². The quantitative estimate of drug-likeness (QED) is 0.722. The van der Waals surface area contributed by atoms with Crippen LogP contribution in [0.4, 0.5) is 0 Å². The minimum atomic E-state index is -0.530. The maximum atomic E-state index is 12.6. The number of hydrogen-bond donors (Lipinski definition) is 1. The van der Waals surface area contributed by atoms with Crippen molar-refractivity contribution in [3.63, 3.8) is 0 Å². The van der Waals surface area contributed by atoms with E-state index in [0.29, 0.717) is 35.1 Å². The van der Waals surface area contributed by atoms with Crippen LogP contribution in [0.2, 0.25) is 10.0 Å². The van der Waals surface area contributed by atoms with Gasteiger partial charge in [-0.25, -0.2) is 0 Å². The van der Waals surface area contributed by atoms with Gasteiger partial charge in [0.25, 0.3) is 0 Å². The van der Waals surface area contributed by atoms with Gasteiger partial charge in [-0.2, -0.15) is 0 Å². The lowest BCUT2D eigenvalue weighted by Gasteiger charge is -2.17. The summed E-state index contributed by atoms with van der Waals surface area (Å²) < 4.78 is 5.14. The molecule has 146 valence electrons. The molecule has 1 aliphatic rings. The number of nitrogens with one attached hydrogen (secondary N) is 1. The van der Waals surface area contributed by atoms with Crippen LogP contribution in [0.5, 0.6) is 5.75 Å². The summed E-state index contributed by atoms with van der Waals surface area (Å²) in [7, 11) is 1.61. The number of rotatable bonds is 6. The highest BCUT2D eigenvalue weighted by Crippen LogP contribution is 2.25. The first-order valence-electron chi connectivity index (χ1n) is 8.82. The number of benzene rings is 2. The smallest absolute Gasteiger partial charge is 0.245 e. The normalized spacial score (nSPS) is 16.6. The van der Waals surface area contributed by atoms with Gasteiger partial charge in [0.2, 0.25) is 11.8 Å². The van der Waals surface area contributed by atoms with E-state index in [1.165, 1.54) is 6.08 Å². The Morgan fingerprint density at radius 3 is 2.54 bits per heavy atom. The minimum absolute atomic E-state index is 0.0895. The summed E-state index contributed by atoms with van der Waals surface area (Å²) in [5.41, 5.74) is 1.58. The Bertz CT molecular complexity index is 877. The average Bonchev–Trinajstić information content (AvgIpc) is 3.01. The summed E-state index contributed by atoms with van der Waals surface area (Å²) in [4.78, 5) is 26.5. The van der Waals surface area contributed by atoms with E-state index in [0.717, 1.165) is 11.3 Å². The Kier molecular flexibility index (Phi) is 6.60. The van der Waals surface area contributed by atoms with Gasteiger partial charge in [0.15, 0.2) is 0 Å². The monoisotopic (exact) mass is 418 g/mol. The molecule has 0 bridgehead atoms. The summed E-state index contributed by atoms with van der Waals surface area (Å²) in [6.07, 6.45) is 3.46. The average molecular weight is 419 g/mol. The van der Waals surface area contributed by atoms with Crippen molar-refractivity contribution in [1.29, 1.82) is 0 Å². The fourth-order valence-electron chi connectivity index (χ4n) is 3.03. The molecule has 1 saturated heterocycles. The van der Waals surface area contributed by atoms with Crippen LogP contribution in [-0.4, -0.2) is 36.4 Å². The molecule has 1 aliphatic heterocycles. The second-order valence-corrected chi connectivity index (χ2v) is 7.24. The number of nitrogens with zero attached hydrogens (tertiary/aromatic N) is 1. The van der Waals surface area contributed by atoms with E-state index in [2.05, 4.69) is 5.32 Å². The number of carbonyl (C=O) groups is 2. The maximum Gasteiger partial charge on any atom is 0.245 e. The predicted octanol–water partition coefficient (Wildman–Crippen LogP) is 3.93. The van der Waals surface area contributed by atoms with E-state index < -0.39 is 6.04 Å². The van der Waals surface area contributed by atoms with Crippen LogP contribution < -0.4 is 10.1 Å². The lowest BCUT2D eigenvalue weighted by Crippen LogP contribution is -2.40. The lowest BCUT2D eigenvalue weighted by molar-refractivity contribution is -0.132. The molecule has 2 aromatic rings. The fraction of sp³-hybridized carbons (Fsp3) is 0.238. The Hall–Kier alpha value is -2.50. The molecule has 1 N–H and O–H groups in total. The second kappa shape index (κ2) is 9.13. The molecule has 1 heterocycles. The molecule has 1 unspecified atom stereocenters. The number of carbonyl (C=O) groups excluding carboxylic acids is 2. The summed E-state index contributed by atoms with van der Waals surface area (Å²) in [5, 5.41) is 3.66. The van der Waals surface area contributed by atoms with Crippen molar-refractivity contribution in [2.45, 2.75) is 19.0 Å². The Morgan fingerprint density at radius 1 is 1.21 bits per heavy atom. The van der Waals surface area contributed by atoms with Crippen LogP contribution in [0, 0.1) is 0 Å². The van der Waals surface area contributed by atoms with Crippen LogP contribution >= 0.6 is 23.2 Å². The van der Waals surface area contributed by atoms with E-state index in [4.69, 9.17) is 27.9 Å². The predicted molar refractivity (Wildman–Crippen MR) is 110 cm³/mol. The number of methoxy groups -OCH3 is 1. The number of amides is 2. The largest absolute Gasteiger partial charge is 0.497 e. The molecule has 2 amide bonds. The highest BCUT2D eigenvalue weighted by Gasteiger charge is 2.32. The lowest BCUT2D eigenvalue weighted by atomic mass is 10.2. The van der Waals surface area contributed by atoms with Gasteiger partial charge in [-0.1, -0.05) is 41.4 Å². The molecule has 7 heteroatoms. The maximum absolute atomic E-state index is 12.6. The number of ether oxygens (including phenoxy) is 1. The SMILES string of the molecule is COc1ccc(CN2CCC(NC(=O)/C=C/c3c(Cl)cccc3Cl)C2=O)cc1. The molecule has 3 rings (SSSR count). The zero-order valence-electron chi connectivity index (χ0n) is 15.3. The zero-order chi connectivity index (χ0) is 20.1. The highest BCUT2D eigenvalue weighted by molar-refractivity contribution is 6.37. The van der Waals surface area contributed by atoms with Gasteiger partial charge >= 0.3 is 0 Å². The van der Waals surface area contributed by atoms with Crippen LogP contribution in [0.15, 0.2) is 48.5 Å². The third kappa shape index (κ3) is 4.86. The van der Waals surface area contributed by atoms with Crippen LogP contribution in [0.25, 0.3) is 6.08 Å². The topological polar surface area (TPSA) is 58.6 Å². The highest BCUT2D eigenvalue weighted by atomic mass is 35.5. The van der Waals surface area contributed by atoms with Crippen LogP contribution in [-0.2, 0) is 16.1 Å². The first-order chi connectivity index (χ1) is 13.5. The van der Waals surface area contributed by atoms with Gasteiger partial charge in [0, 0.05) is 34.8 Å². The van der Waals surface area contributed by atoms with E-state index >= 15 is 0 Å². The van der Waals surface area contributed by atoms with Gasteiger partial charge in [-0.05, 0) is 42.3 Å². The van der Waals surface area contributed by atoms with Crippen molar-refractivity contribution in [2.24, 2.45) is 0 Å². The zero-order valence-corrected chi connectivity index (χ0v) is 16.8. The molecule has 2 aromatic carbocycles. The first-order valence-corrected chi connectivity index (χ1v) is 9.58. The number of hydrogen-bond acceptors (Lipinski definition) is 3. The second-order valence-electron chi connectivity index (χ2n) is 6.43. The molecule has 28 heavy (non-hydrogen) atoms. The standard InChI is InChI=1S/C21H20Cl2N2O3/c1-28-15-7-5-14(6-8-15)13-25-12-11-19(21(25)27)24-20(26)10-9-16-17(22)3-2-4-18(16)23/h2-10,19H,11-13H2,1H3,(H,24,26)/b10-9+. The van der Waals surface area contributed by atoms with Crippen molar-refractivity contribution in [1.82, 2.24) is 10.2 Å². The van der Waals surface area contributed by atoms with Crippen LogP contribution in [0.3, 0.4) is 0 Å². The number of halogens is 2. The van der Waals surface area contributed by atoms with Crippen molar-refractivity contribution in [2.75, 3.05) is 13.7 Å². The van der Waals surface area contributed by atoms with Gasteiger partial charge in [-0.15, -0.1) is 0 Å². The summed E-state index contributed by atoms with van der Waals surface area (Å²) in [5.74, 6) is 0.320. The molecule has 1 atom stereocenters. The molecule has 0 saturated carbocycles. The Balaban J connectivity index is 1.57. The van der Waals surface area contributed by atoms with Gasteiger partial charge in [-0.3, -0.25) is 9.59 Å². The van der Waals surface area contributed by atoms with Gasteiger partial charge in [0.1, 0.15) is 11.8 Å². The van der Waals surface area contributed by atoms with Crippen molar-refractivity contribution < 1.29 is 14.3 Å². The molecular formula is C21H20Cl2N2O3. The molecule has 0 aromatic heterocycles. The third-order valence-electron chi connectivity index (χ3n) is 4.55. The molecular weight excluding hydrogens is 399 g/mol. The molecule has 0 radical (unpaired) electrons. The van der Waals surface area contributed by atoms with E-state index in [9.17, 15) is 9.59 Å². The summed E-state index contributed by atoms with van der Waals surface area (Å²) in [6, 6.07) is 12.2. The fourth-order valence-corrected chi connectivity index (χ4v) is 3.55. The van der Waals surface area contributed by atoms with Gasteiger partial charge in [0.05, 0.1) is 7.11 Å². The summed E-state index contributed by atoms with van der Waals surface area (Å²) >= 11 is 12.2. The first kappa shape index (κ1) is 20.2. The van der Waals surface area contributed by atoms with Crippen molar-refractivity contribution in [3.05, 3.63) is 69.7 Å². The van der Waals surface area contributed by atoms with Crippen molar-refractivity contribution in [3.8, 4) is 5.75 Å². The summed E-state index contributed by atoms with van der Waals surface area (Å²) in [6.45, 7) is 1.09. The minimum Gasteiger partial charge on any atom is -0.497 e. The van der Waals surface area contributed by atoms with Gasteiger partial charge < -0.3 is 15.0 Å². The van der Waals surface area contributed by atoms with Crippen molar-refractivity contribution >= 4 is 41.1 Å². The molecule has 1 fully saturated rings.